The Balaban J connectivity index is 2.32. The number of aromatic nitrogens is 1. The number of halogens is 3. The van der Waals surface area contributed by atoms with Crippen molar-refractivity contribution in [2.24, 2.45) is 0 Å². The van der Waals surface area contributed by atoms with Gasteiger partial charge in [-0.25, -0.2) is 9.95 Å². The summed E-state index contributed by atoms with van der Waals surface area (Å²) in [6.45, 7) is 0. The van der Waals surface area contributed by atoms with Crippen molar-refractivity contribution in [2.75, 3.05) is 5.32 Å². The molecule has 1 aromatic carbocycles. The van der Waals surface area contributed by atoms with Crippen molar-refractivity contribution in [1.29, 1.82) is 0 Å². The van der Waals surface area contributed by atoms with Crippen molar-refractivity contribution >= 4 is 11.6 Å². The maximum absolute atomic E-state index is 12.5. The number of amides is 1. The van der Waals surface area contributed by atoms with Gasteiger partial charge in [0.15, 0.2) is 11.4 Å². The fourth-order valence-corrected chi connectivity index (χ4v) is 1.39. The molecule has 2 N–H and O–H groups in total. The molecule has 100 valence electrons. The highest BCUT2D eigenvalue weighted by Gasteiger charge is 2.38. The first kappa shape index (κ1) is 12.9. The Labute approximate surface area is 104 Å². The van der Waals surface area contributed by atoms with Crippen LogP contribution in [-0.4, -0.2) is 11.1 Å². The molecule has 0 atom stereocenters. The number of hydrogen-bond donors (Lipinski definition) is 2. The zero-order chi connectivity index (χ0) is 14.0. The van der Waals surface area contributed by atoms with E-state index in [0.717, 1.165) is 0 Å². The molecule has 0 bridgehead atoms. The van der Waals surface area contributed by atoms with E-state index < -0.39 is 29.1 Å². The van der Waals surface area contributed by atoms with Crippen LogP contribution in [0.3, 0.4) is 0 Å². The van der Waals surface area contributed by atoms with E-state index in [0.29, 0.717) is 0 Å². The van der Waals surface area contributed by atoms with Gasteiger partial charge in [-0.3, -0.25) is 4.79 Å². The fourth-order valence-electron chi connectivity index (χ4n) is 1.39. The Bertz CT molecular complexity index is 643. The first-order valence-corrected chi connectivity index (χ1v) is 5.04. The lowest BCUT2D eigenvalue weighted by Crippen LogP contribution is -2.19. The molecular weight excluding hydrogens is 265 g/mol. The summed E-state index contributed by atoms with van der Waals surface area (Å²) in [7, 11) is 0. The van der Waals surface area contributed by atoms with Crippen molar-refractivity contribution < 1.29 is 22.5 Å². The van der Waals surface area contributed by atoms with Crippen LogP contribution in [0.1, 0.15) is 16.1 Å². The molecule has 0 aliphatic carbocycles. The van der Waals surface area contributed by atoms with E-state index in [-0.39, 0.29) is 5.56 Å². The van der Waals surface area contributed by atoms with E-state index >= 15 is 0 Å². The second kappa shape index (κ2) is 4.63. The Morgan fingerprint density at radius 2 is 1.84 bits per heavy atom. The maximum Gasteiger partial charge on any atom is 0.436 e. The van der Waals surface area contributed by atoms with Crippen molar-refractivity contribution in [3.05, 3.63) is 52.0 Å². The predicted octanol–water partition coefficient (Wildman–Crippen LogP) is 2.24. The molecule has 8 heteroatoms. The number of hydrogen-bond acceptors (Lipinski definition) is 3. The van der Waals surface area contributed by atoms with E-state index in [2.05, 4.69) is 4.52 Å². The van der Waals surface area contributed by atoms with E-state index in [9.17, 15) is 22.8 Å². The number of H-pyrrole nitrogens is 1. The number of anilines is 1. The smallest absolute Gasteiger partial charge is 0.336 e. The molecule has 0 saturated heterocycles. The quantitative estimate of drug-likeness (QED) is 0.880. The van der Waals surface area contributed by atoms with Crippen LogP contribution >= 0.6 is 0 Å². The van der Waals surface area contributed by atoms with Gasteiger partial charge in [-0.05, 0) is 12.1 Å². The lowest BCUT2D eigenvalue weighted by Gasteiger charge is -2.06. The standard InChI is InChI=1S/C11H7F3N2O3/c12-11(13,14)8-7(10(18)19-16-8)15-9(17)6-4-2-1-3-5-6/h1-5,16H,(H,15,17). The van der Waals surface area contributed by atoms with Gasteiger partial charge in [0.05, 0.1) is 0 Å². The van der Waals surface area contributed by atoms with Crippen molar-refractivity contribution in [3.63, 3.8) is 0 Å². The average Bonchev–Trinajstić information content (AvgIpc) is 2.72. The molecule has 0 unspecified atom stereocenters. The molecule has 1 aromatic heterocycles. The molecule has 2 aromatic rings. The van der Waals surface area contributed by atoms with Gasteiger partial charge in [-0.15, -0.1) is 0 Å². The monoisotopic (exact) mass is 272 g/mol. The molecule has 0 radical (unpaired) electrons. The SMILES string of the molecule is O=C(Nc1c(C(F)(F)F)[nH]oc1=O)c1ccccc1. The summed E-state index contributed by atoms with van der Waals surface area (Å²) in [5, 5.41) is 3.33. The van der Waals surface area contributed by atoms with Gasteiger partial charge < -0.3 is 9.84 Å². The second-order valence-corrected chi connectivity index (χ2v) is 3.56. The zero-order valence-electron chi connectivity index (χ0n) is 9.25. The molecule has 0 aliphatic heterocycles. The lowest BCUT2D eigenvalue weighted by atomic mass is 10.2. The summed E-state index contributed by atoms with van der Waals surface area (Å²) < 4.78 is 41.6. The van der Waals surface area contributed by atoms with Gasteiger partial charge in [0.25, 0.3) is 5.91 Å². The van der Waals surface area contributed by atoms with Gasteiger partial charge in [0.1, 0.15) is 0 Å². The van der Waals surface area contributed by atoms with Crippen LogP contribution < -0.4 is 10.9 Å². The fraction of sp³-hybridized carbons (Fsp3) is 0.0909. The van der Waals surface area contributed by atoms with Crippen molar-refractivity contribution in [2.45, 2.75) is 6.18 Å². The number of alkyl halides is 3. The number of carbonyl (C=O) groups is 1. The van der Waals surface area contributed by atoms with E-state index in [1.165, 1.54) is 17.3 Å². The van der Waals surface area contributed by atoms with Crippen molar-refractivity contribution in [3.8, 4) is 0 Å². The minimum absolute atomic E-state index is 0.122. The molecule has 19 heavy (non-hydrogen) atoms. The summed E-state index contributed by atoms with van der Waals surface area (Å²) in [5.41, 5.74) is -3.56. The van der Waals surface area contributed by atoms with Gasteiger partial charge in [-0.1, -0.05) is 18.2 Å². The first-order valence-electron chi connectivity index (χ1n) is 5.04. The number of carbonyl (C=O) groups excluding carboxylic acids is 1. The molecule has 0 saturated carbocycles. The van der Waals surface area contributed by atoms with Gasteiger partial charge in [0, 0.05) is 5.56 Å². The Morgan fingerprint density at radius 3 is 2.42 bits per heavy atom. The molecule has 1 amide bonds. The Morgan fingerprint density at radius 1 is 1.21 bits per heavy atom. The zero-order valence-corrected chi connectivity index (χ0v) is 9.25. The number of nitrogens with one attached hydrogen (secondary N) is 2. The third-order valence-electron chi connectivity index (χ3n) is 2.26. The summed E-state index contributed by atoms with van der Waals surface area (Å²) in [4.78, 5) is 22.8. The van der Waals surface area contributed by atoms with Gasteiger partial charge >= 0.3 is 11.8 Å². The molecule has 2 rings (SSSR count). The van der Waals surface area contributed by atoms with Crippen LogP contribution in [0.4, 0.5) is 18.9 Å². The lowest BCUT2D eigenvalue weighted by molar-refractivity contribution is -0.142. The minimum Gasteiger partial charge on any atom is -0.336 e. The normalized spacial score (nSPS) is 11.3. The van der Waals surface area contributed by atoms with Crippen LogP contribution in [0.15, 0.2) is 39.6 Å². The minimum atomic E-state index is -4.83. The van der Waals surface area contributed by atoms with Crippen LogP contribution in [0, 0.1) is 0 Å². The topological polar surface area (TPSA) is 75.1 Å². The summed E-state index contributed by atoms with van der Waals surface area (Å²) >= 11 is 0. The molecule has 0 spiro atoms. The Kier molecular flexibility index (Phi) is 3.16. The van der Waals surface area contributed by atoms with E-state index in [1.807, 2.05) is 5.32 Å². The molecule has 0 aliphatic rings. The van der Waals surface area contributed by atoms with Gasteiger partial charge in [-0.2, -0.15) is 13.2 Å². The molecule has 0 fully saturated rings. The van der Waals surface area contributed by atoms with Crippen LogP contribution in [-0.2, 0) is 6.18 Å². The first-order chi connectivity index (χ1) is 8.89. The van der Waals surface area contributed by atoms with Crippen LogP contribution in [0.2, 0.25) is 0 Å². The van der Waals surface area contributed by atoms with Crippen LogP contribution in [0.5, 0.6) is 0 Å². The summed E-state index contributed by atoms with van der Waals surface area (Å²) in [6.07, 6.45) is -4.83. The molecular formula is C11H7F3N2O3. The second-order valence-electron chi connectivity index (χ2n) is 3.56. The maximum atomic E-state index is 12.5. The summed E-state index contributed by atoms with van der Waals surface area (Å²) in [5.74, 6) is -0.835. The third kappa shape index (κ3) is 2.67. The van der Waals surface area contributed by atoms with Crippen LogP contribution in [0.25, 0.3) is 0 Å². The van der Waals surface area contributed by atoms with Crippen molar-refractivity contribution in [1.82, 2.24) is 5.16 Å². The number of aromatic amines is 1. The molecule has 1 heterocycles. The number of benzene rings is 1. The highest BCUT2D eigenvalue weighted by molar-refractivity contribution is 6.04. The van der Waals surface area contributed by atoms with E-state index in [1.54, 1.807) is 18.2 Å². The highest BCUT2D eigenvalue weighted by Crippen LogP contribution is 2.31. The average molecular weight is 272 g/mol. The third-order valence-corrected chi connectivity index (χ3v) is 2.26. The molecule has 5 nitrogen and oxygen atoms in total. The van der Waals surface area contributed by atoms with Gasteiger partial charge in [0.2, 0.25) is 0 Å². The Hall–Kier alpha value is -2.51. The van der Waals surface area contributed by atoms with E-state index in [4.69, 9.17) is 0 Å². The highest BCUT2D eigenvalue weighted by atomic mass is 19.4. The summed E-state index contributed by atoms with van der Waals surface area (Å²) in [6, 6.07) is 7.52. The number of rotatable bonds is 2. The predicted molar refractivity (Wildman–Crippen MR) is 58.7 cm³/mol. The largest absolute Gasteiger partial charge is 0.436 e.